The SMILES string of the molecule is N=C1NC(c2ccccc2)(C2C=CC=CC2)C(=O)N1Cc1cccc(C(=O)N2CC[S+]([O-])CC2)c1. The molecule has 0 saturated carbocycles. The van der Waals surface area contributed by atoms with E-state index in [1.54, 1.807) is 23.1 Å². The molecule has 2 heterocycles. The van der Waals surface area contributed by atoms with Gasteiger partial charge in [0.25, 0.3) is 11.8 Å². The zero-order chi connectivity index (χ0) is 24.4. The van der Waals surface area contributed by atoms with Gasteiger partial charge in [-0.1, -0.05) is 77.9 Å². The van der Waals surface area contributed by atoms with Crippen LogP contribution in [0.3, 0.4) is 0 Å². The van der Waals surface area contributed by atoms with Crippen molar-refractivity contribution in [2.75, 3.05) is 24.6 Å². The number of amides is 2. The summed E-state index contributed by atoms with van der Waals surface area (Å²) in [4.78, 5) is 30.2. The molecule has 2 amide bonds. The Morgan fingerprint density at radius 2 is 1.89 bits per heavy atom. The Balaban J connectivity index is 1.40. The highest BCUT2D eigenvalue weighted by Crippen LogP contribution is 2.40. The standard InChI is InChI=1S/C27H28N4O3S/c28-26-29-27(22-10-3-1-4-11-22,23-12-5-2-6-13-23)25(33)31(26)19-20-8-7-9-21(18-20)24(32)30-14-16-35(34)17-15-30/h1-12,18,23H,13-17,19H2,(H2,28,29). The molecular formula is C27H28N4O3S. The summed E-state index contributed by atoms with van der Waals surface area (Å²) in [6.07, 6.45) is 8.68. The van der Waals surface area contributed by atoms with E-state index in [4.69, 9.17) is 5.41 Å². The van der Waals surface area contributed by atoms with Crippen molar-refractivity contribution >= 4 is 28.9 Å². The number of guanidine groups is 1. The molecule has 7 nitrogen and oxygen atoms in total. The number of rotatable bonds is 5. The van der Waals surface area contributed by atoms with Crippen LogP contribution in [0.4, 0.5) is 0 Å². The second kappa shape index (κ2) is 9.71. The Kier molecular flexibility index (Phi) is 6.49. The lowest BCUT2D eigenvalue weighted by Gasteiger charge is -2.34. The van der Waals surface area contributed by atoms with Crippen molar-refractivity contribution in [2.24, 2.45) is 5.92 Å². The molecule has 180 valence electrons. The third-order valence-corrected chi connectivity index (χ3v) is 8.19. The van der Waals surface area contributed by atoms with Crippen LogP contribution in [0.1, 0.15) is 27.9 Å². The van der Waals surface area contributed by atoms with Crippen LogP contribution in [0.25, 0.3) is 0 Å². The van der Waals surface area contributed by atoms with E-state index in [2.05, 4.69) is 5.32 Å². The molecule has 2 aromatic rings. The van der Waals surface area contributed by atoms with Crippen LogP contribution in [0.5, 0.6) is 0 Å². The van der Waals surface area contributed by atoms with Crippen LogP contribution in [0.2, 0.25) is 0 Å². The van der Waals surface area contributed by atoms with Gasteiger partial charge in [-0.15, -0.1) is 0 Å². The first-order chi connectivity index (χ1) is 17.0. The average molecular weight is 489 g/mol. The van der Waals surface area contributed by atoms with Crippen molar-refractivity contribution in [3.8, 4) is 0 Å². The predicted molar refractivity (Wildman–Crippen MR) is 136 cm³/mol. The van der Waals surface area contributed by atoms with Gasteiger partial charge in [0.15, 0.2) is 11.5 Å². The highest BCUT2D eigenvalue weighted by atomic mass is 32.2. The number of nitrogens with zero attached hydrogens (tertiary/aromatic N) is 2. The zero-order valence-electron chi connectivity index (χ0n) is 19.4. The predicted octanol–water partition coefficient (Wildman–Crippen LogP) is 2.79. The van der Waals surface area contributed by atoms with Gasteiger partial charge in [-0.05, 0) is 29.7 Å². The minimum atomic E-state index is -1.06. The molecule has 2 N–H and O–H groups in total. The van der Waals surface area contributed by atoms with Gasteiger partial charge < -0.3 is 14.8 Å². The maximum Gasteiger partial charge on any atom is 0.260 e. The lowest BCUT2D eigenvalue weighted by Crippen LogP contribution is -2.50. The molecule has 2 aliphatic heterocycles. The number of benzene rings is 2. The number of hydrogen-bond donors (Lipinski definition) is 2. The first-order valence-corrected chi connectivity index (χ1v) is 13.3. The topological polar surface area (TPSA) is 99.6 Å². The highest BCUT2D eigenvalue weighted by Gasteiger charge is 2.54. The molecular weight excluding hydrogens is 460 g/mol. The summed E-state index contributed by atoms with van der Waals surface area (Å²) in [7, 11) is 0. The van der Waals surface area contributed by atoms with Crippen LogP contribution in [-0.2, 0) is 28.1 Å². The van der Waals surface area contributed by atoms with E-state index >= 15 is 0 Å². The fourth-order valence-electron chi connectivity index (χ4n) is 5.05. The number of hydrogen-bond acceptors (Lipinski definition) is 4. The lowest BCUT2D eigenvalue weighted by atomic mass is 9.75. The van der Waals surface area contributed by atoms with Crippen molar-refractivity contribution < 1.29 is 14.1 Å². The first-order valence-electron chi connectivity index (χ1n) is 11.8. The monoisotopic (exact) mass is 488 g/mol. The second-order valence-electron chi connectivity index (χ2n) is 9.03. The van der Waals surface area contributed by atoms with E-state index in [1.807, 2.05) is 60.7 Å². The van der Waals surface area contributed by atoms with Gasteiger partial charge in [-0.25, -0.2) is 0 Å². The van der Waals surface area contributed by atoms with Gasteiger partial charge in [0, 0.05) is 11.5 Å². The molecule has 1 aliphatic carbocycles. The Morgan fingerprint density at radius 3 is 2.60 bits per heavy atom. The van der Waals surface area contributed by atoms with E-state index in [0.29, 0.717) is 36.6 Å². The van der Waals surface area contributed by atoms with Gasteiger partial charge in [0.05, 0.1) is 19.6 Å². The first kappa shape index (κ1) is 23.4. The Morgan fingerprint density at radius 1 is 1.11 bits per heavy atom. The molecule has 2 unspecified atom stereocenters. The Labute approximate surface area is 208 Å². The molecule has 0 bridgehead atoms. The maximum atomic E-state index is 14.0. The maximum absolute atomic E-state index is 14.0. The van der Waals surface area contributed by atoms with Gasteiger partial charge in [0.1, 0.15) is 11.5 Å². The van der Waals surface area contributed by atoms with Crippen molar-refractivity contribution in [3.05, 3.63) is 95.6 Å². The third kappa shape index (κ3) is 4.39. The molecule has 0 spiro atoms. The van der Waals surface area contributed by atoms with E-state index < -0.39 is 16.7 Å². The molecule has 3 aliphatic rings. The number of allylic oxidation sites excluding steroid dienone is 3. The third-order valence-electron chi connectivity index (χ3n) is 6.91. The molecule has 2 atom stereocenters. The lowest BCUT2D eigenvalue weighted by molar-refractivity contribution is -0.133. The molecule has 0 radical (unpaired) electrons. The minimum absolute atomic E-state index is 0.0528. The van der Waals surface area contributed by atoms with Gasteiger partial charge in [0.2, 0.25) is 0 Å². The van der Waals surface area contributed by atoms with Gasteiger partial charge in [-0.2, -0.15) is 0 Å². The summed E-state index contributed by atoms with van der Waals surface area (Å²) < 4.78 is 11.6. The van der Waals surface area contributed by atoms with Crippen molar-refractivity contribution in [1.29, 1.82) is 5.41 Å². The Bertz CT molecular complexity index is 1190. The summed E-state index contributed by atoms with van der Waals surface area (Å²) in [6.45, 7) is 1.16. The molecule has 8 heteroatoms. The number of nitrogens with one attached hydrogen (secondary N) is 2. The molecule has 2 aromatic carbocycles. The molecule has 2 fully saturated rings. The molecule has 2 saturated heterocycles. The van der Waals surface area contributed by atoms with Crippen LogP contribution in [0.15, 0.2) is 78.9 Å². The number of carbonyl (C=O) groups excluding carboxylic acids is 2. The normalized spacial score (nSPS) is 24.7. The summed E-state index contributed by atoms with van der Waals surface area (Å²) in [5, 5.41) is 11.9. The van der Waals surface area contributed by atoms with Crippen molar-refractivity contribution in [1.82, 2.24) is 15.1 Å². The zero-order valence-corrected chi connectivity index (χ0v) is 20.2. The molecule has 5 rings (SSSR count). The Hall–Kier alpha value is -3.36. The highest BCUT2D eigenvalue weighted by molar-refractivity contribution is 7.91. The second-order valence-corrected chi connectivity index (χ2v) is 10.7. The van der Waals surface area contributed by atoms with E-state index in [9.17, 15) is 14.1 Å². The van der Waals surface area contributed by atoms with Gasteiger partial charge in [-0.3, -0.25) is 19.9 Å². The van der Waals surface area contributed by atoms with E-state index in [-0.39, 0.29) is 30.2 Å². The van der Waals surface area contributed by atoms with E-state index in [0.717, 1.165) is 11.1 Å². The van der Waals surface area contributed by atoms with Crippen LogP contribution >= 0.6 is 0 Å². The van der Waals surface area contributed by atoms with Crippen LogP contribution < -0.4 is 5.32 Å². The minimum Gasteiger partial charge on any atom is -0.616 e. The fraction of sp³-hybridized carbons (Fsp3) is 0.296. The smallest absolute Gasteiger partial charge is 0.260 e. The summed E-state index contributed by atoms with van der Waals surface area (Å²) in [5.74, 6) is 0.657. The number of carbonyl (C=O) groups is 2. The summed E-state index contributed by atoms with van der Waals surface area (Å²) in [6, 6.07) is 16.8. The van der Waals surface area contributed by atoms with Crippen molar-refractivity contribution in [2.45, 2.75) is 18.5 Å². The van der Waals surface area contributed by atoms with Crippen LogP contribution in [0, 0.1) is 11.3 Å². The molecule has 35 heavy (non-hydrogen) atoms. The molecule has 0 aromatic heterocycles. The average Bonchev–Trinajstić information content (AvgIpc) is 3.15. The summed E-state index contributed by atoms with van der Waals surface area (Å²) >= 11 is -0.853. The summed E-state index contributed by atoms with van der Waals surface area (Å²) in [5.41, 5.74) is 1.08. The van der Waals surface area contributed by atoms with Crippen LogP contribution in [-0.4, -0.2) is 56.7 Å². The largest absolute Gasteiger partial charge is 0.616 e. The van der Waals surface area contributed by atoms with Gasteiger partial charge >= 0.3 is 0 Å². The van der Waals surface area contributed by atoms with Crippen molar-refractivity contribution in [3.63, 3.8) is 0 Å². The van der Waals surface area contributed by atoms with E-state index in [1.165, 1.54) is 4.90 Å². The fourth-order valence-corrected chi connectivity index (χ4v) is 6.10. The quantitative estimate of drug-likeness (QED) is 0.632.